The summed E-state index contributed by atoms with van der Waals surface area (Å²) in [5, 5.41) is 0. The van der Waals surface area contributed by atoms with Gasteiger partial charge in [0.25, 0.3) is 0 Å². The van der Waals surface area contributed by atoms with Crippen LogP contribution >= 0.6 is 0 Å². The van der Waals surface area contributed by atoms with Crippen LogP contribution in [0.3, 0.4) is 0 Å². The molecule has 1 saturated carbocycles. The second-order valence-electron chi connectivity index (χ2n) is 6.08. The van der Waals surface area contributed by atoms with E-state index in [0.717, 1.165) is 18.9 Å². The summed E-state index contributed by atoms with van der Waals surface area (Å²) in [7, 11) is 0. The molecule has 122 valence electrons. The van der Waals surface area contributed by atoms with Crippen molar-refractivity contribution in [1.82, 2.24) is 4.98 Å². The highest BCUT2D eigenvalue weighted by atomic mass is 19.4. The van der Waals surface area contributed by atoms with Gasteiger partial charge in [-0.15, -0.1) is 0 Å². The molecule has 0 aromatic carbocycles. The molecule has 3 rings (SSSR count). The average molecular weight is 317 g/mol. The minimum absolute atomic E-state index is 0.0335. The maximum absolute atomic E-state index is 12.7. The Labute approximate surface area is 126 Å². The highest BCUT2D eigenvalue weighted by Crippen LogP contribution is 2.38. The Bertz CT molecular complexity index is 547. The number of hydrogen-bond acceptors (Lipinski definition) is 4. The van der Waals surface area contributed by atoms with E-state index in [-0.39, 0.29) is 24.2 Å². The number of alkyl halides is 3. The molecule has 22 heavy (non-hydrogen) atoms. The van der Waals surface area contributed by atoms with Crippen molar-refractivity contribution in [2.24, 2.45) is 0 Å². The molecular formula is C15H18F3NO3. The second-order valence-corrected chi connectivity index (χ2v) is 6.08. The molecule has 0 radical (unpaired) electrons. The number of nitrogens with zero attached hydrogens (tertiary/aromatic N) is 1. The Morgan fingerprint density at radius 1 is 1.23 bits per heavy atom. The van der Waals surface area contributed by atoms with Gasteiger partial charge in [0.15, 0.2) is 5.79 Å². The predicted molar refractivity (Wildman–Crippen MR) is 71.3 cm³/mol. The van der Waals surface area contributed by atoms with E-state index >= 15 is 0 Å². The van der Waals surface area contributed by atoms with E-state index in [9.17, 15) is 13.2 Å². The molecule has 0 N–H and O–H groups in total. The van der Waals surface area contributed by atoms with Gasteiger partial charge in [0, 0.05) is 6.07 Å². The third-order valence-corrected chi connectivity index (χ3v) is 3.85. The molecule has 1 saturated heterocycles. The summed E-state index contributed by atoms with van der Waals surface area (Å²) in [6, 6.07) is 3.65. The fraction of sp³-hybridized carbons (Fsp3) is 0.667. The highest BCUT2D eigenvalue weighted by Gasteiger charge is 2.48. The molecule has 4 nitrogen and oxygen atoms in total. The molecule has 0 spiro atoms. The number of aromatic nitrogens is 1. The molecule has 1 aromatic rings. The van der Waals surface area contributed by atoms with E-state index < -0.39 is 17.7 Å². The molecule has 0 unspecified atom stereocenters. The molecule has 0 bridgehead atoms. The van der Waals surface area contributed by atoms with E-state index in [1.165, 1.54) is 12.1 Å². The van der Waals surface area contributed by atoms with Crippen LogP contribution in [0, 0.1) is 0 Å². The van der Waals surface area contributed by atoms with E-state index in [0.29, 0.717) is 6.42 Å². The van der Waals surface area contributed by atoms with Crippen molar-refractivity contribution in [3.8, 4) is 5.88 Å². The molecule has 2 heterocycles. The summed E-state index contributed by atoms with van der Waals surface area (Å²) in [6.07, 6.45) is -2.74. The monoisotopic (exact) mass is 317 g/mol. The van der Waals surface area contributed by atoms with E-state index in [1.807, 2.05) is 13.8 Å². The third kappa shape index (κ3) is 3.20. The first-order valence-corrected chi connectivity index (χ1v) is 7.31. The van der Waals surface area contributed by atoms with Gasteiger partial charge in [0.05, 0.1) is 6.10 Å². The largest absolute Gasteiger partial charge is 0.471 e. The standard InChI is InChI=1S/C15H18F3NO3/c1-14(2)21-10-6-3-5-9(13(10)22-14)20-12-8-4-7-11(19-12)15(16,17)18/h4,7-10,13H,3,5-6H2,1-2H3/t9-,10-,13+/m0/s1. The number of ether oxygens (including phenoxy) is 3. The van der Waals surface area contributed by atoms with Crippen LogP contribution in [0.25, 0.3) is 0 Å². The van der Waals surface area contributed by atoms with Crippen molar-refractivity contribution < 1.29 is 27.4 Å². The van der Waals surface area contributed by atoms with Crippen molar-refractivity contribution in [1.29, 1.82) is 0 Å². The Morgan fingerprint density at radius 2 is 2.00 bits per heavy atom. The fourth-order valence-electron chi connectivity index (χ4n) is 3.01. The van der Waals surface area contributed by atoms with E-state index in [2.05, 4.69) is 4.98 Å². The summed E-state index contributed by atoms with van der Waals surface area (Å²) in [5.41, 5.74) is -0.957. The van der Waals surface area contributed by atoms with Crippen molar-refractivity contribution in [3.63, 3.8) is 0 Å². The van der Waals surface area contributed by atoms with Gasteiger partial charge in [-0.05, 0) is 39.2 Å². The van der Waals surface area contributed by atoms with Crippen LogP contribution < -0.4 is 4.74 Å². The SMILES string of the molecule is CC1(C)O[C@@H]2[C@@H](Oc3cccc(C(F)(F)F)n3)CCC[C@@H]2O1. The van der Waals surface area contributed by atoms with Crippen LogP contribution in [-0.2, 0) is 15.7 Å². The van der Waals surface area contributed by atoms with Crippen LogP contribution in [0.5, 0.6) is 5.88 Å². The minimum Gasteiger partial charge on any atom is -0.471 e. The lowest BCUT2D eigenvalue weighted by molar-refractivity contribution is -0.152. The van der Waals surface area contributed by atoms with Gasteiger partial charge in [0.1, 0.15) is 17.9 Å². The van der Waals surface area contributed by atoms with Crippen LogP contribution in [-0.4, -0.2) is 29.1 Å². The van der Waals surface area contributed by atoms with Crippen LogP contribution in [0.4, 0.5) is 13.2 Å². The number of halogens is 3. The first kappa shape index (κ1) is 15.6. The lowest BCUT2D eigenvalue weighted by Crippen LogP contribution is -2.42. The van der Waals surface area contributed by atoms with Crippen LogP contribution in [0.2, 0.25) is 0 Å². The third-order valence-electron chi connectivity index (χ3n) is 3.85. The van der Waals surface area contributed by atoms with Gasteiger partial charge >= 0.3 is 6.18 Å². The number of fused-ring (bicyclic) bond motifs is 1. The highest BCUT2D eigenvalue weighted by molar-refractivity contribution is 5.18. The smallest absolute Gasteiger partial charge is 0.433 e. The molecule has 1 aliphatic carbocycles. The minimum atomic E-state index is -4.48. The number of rotatable bonds is 2. The first-order valence-electron chi connectivity index (χ1n) is 7.31. The second kappa shape index (κ2) is 5.38. The van der Waals surface area contributed by atoms with E-state index in [1.54, 1.807) is 0 Å². The normalized spacial score (nSPS) is 30.9. The maximum atomic E-state index is 12.7. The summed E-state index contributed by atoms with van der Waals surface area (Å²) < 4.78 is 55.4. The Hall–Kier alpha value is -1.34. The van der Waals surface area contributed by atoms with Crippen molar-refractivity contribution in [2.75, 3.05) is 0 Å². The Kier molecular flexibility index (Phi) is 3.81. The summed E-state index contributed by atoms with van der Waals surface area (Å²) in [5.74, 6) is -0.725. The van der Waals surface area contributed by atoms with Crippen LogP contribution in [0.1, 0.15) is 38.8 Å². The predicted octanol–water partition coefficient (Wildman–Crippen LogP) is 3.55. The molecule has 2 fully saturated rings. The summed E-state index contributed by atoms with van der Waals surface area (Å²) in [4.78, 5) is 3.55. The lowest BCUT2D eigenvalue weighted by Gasteiger charge is -2.31. The van der Waals surface area contributed by atoms with Gasteiger partial charge in [-0.3, -0.25) is 0 Å². The molecule has 1 aliphatic heterocycles. The van der Waals surface area contributed by atoms with E-state index in [4.69, 9.17) is 14.2 Å². The summed E-state index contributed by atoms with van der Waals surface area (Å²) in [6.45, 7) is 3.65. The van der Waals surface area contributed by atoms with Gasteiger partial charge in [-0.25, -0.2) is 4.98 Å². The zero-order valence-corrected chi connectivity index (χ0v) is 12.4. The zero-order valence-electron chi connectivity index (χ0n) is 12.4. The number of hydrogen-bond donors (Lipinski definition) is 0. The maximum Gasteiger partial charge on any atom is 0.433 e. The Balaban J connectivity index is 1.75. The van der Waals surface area contributed by atoms with Crippen LogP contribution in [0.15, 0.2) is 18.2 Å². The van der Waals surface area contributed by atoms with Crippen molar-refractivity contribution >= 4 is 0 Å². The molecule has 7 heteroatoms. The molecule has 0 amide bonds. The quantitative estimate of drug-likeness (QED) is 0.836. The topological polar surface area (TPSA) is 40.6 Å². The van der Waals surface area contributed by atoms with Gasteiger partial charge in [-0.2, -0.15) is 13.2 Å². The fourth-order valence-corrected chi connectivity index (χ4v) is 3.01. The molecule has 2 aliphatic rings. The number of pyridine rings is 1. The van der Waals surface area contributed by atoms with Crippen molar-refractivity contribution in [2.45, 2.75) is 63.4 Å². The van der Waals surface area contributed by atoms with Crippen molar-refractivity contribution in [3.05, 3.63) is 23.9 Å². The Morgan fingerprint density at radius 3 is 2.73 bits per heavy atom. The molecular weight excluding hydrogens is 299 g/mol. The van der Waals surface area contributed by atoms with Gasteiger partial charge in [0.2, 0.25) is 5.88 Å². The summed E-state index contributed by atoms with van der Waals surface area (Å²) >= 11 is 0. The molecule has 1 aromatic heterocycles. The average Bonchev–Trinajstić information content (AvgIpc) is 2.73. The van der Waals surface area contributed by atoms with Gasteiger partial charge in [-0.1, -0.05) is 6.07 Å². The lowest BCUT2D eigenvalue weighted by atomic mass is 9.92. The molecule has 3 atom stereocenters. The zero-order chi connectivity index (χ0) is 16.0. The first-order chi connectivity index (χ1) is 10.2. The van der Waals surface area contributed by atoms with Gasteiger partial charge < -0.3 is 14.2 Å².